The van der Waals surface area contributed by atoms with Crippen LogP contribution in [0.25, 0.3) is 0 Å². The van der Waals surface area contributed by atoms with Gasteiger partial charge in [-0.3, -0.25) is 0 Å². The molecule has 0 aromatic rings. The van der Waals surface area contributed by atoms with E-state index in [1.54, 1.807) is 0 Å². The molecule has 0 aromatic carbocycles. The van der Waals surface area contributed by atoms with E-state index in [9.17, 15) is 8.42 Å². The highest BCUT2D eigenvalue weighted by Gasteiger charge is 2.30. The third-order valence-electron chi connectivity index (χ3n) is 2.97. The molecule has 0 spiro atoms. The number of rotatable bonds is 6. The van der Waals surface area contributed by atoms with Crippen LogP contribution < -0.4 is 10.5 Å². The van der Waals surface area contributed by atoms with Gasteiger partial charge in [0, 0.05) is 25.7 Å². The first-order chi connectivity index (χ1) is 7.61. The standard InChI is InChI=1S/C10H23N3O2S/c1-2-3-7-12-16(14,15)13-8-5-4-6-10(13)9-11/h10,12H,2-9,11H2,1H3. The largest absolute Gasteiger partial charge is 0.329 e. The van der Waals surface area contributed by atoms with Gasteiger partial charge in [-0.2, -0.15) is 12.7 Å². The van der Waals surface area contributed by atoms with E-state index in [0.29, 0.717) is 19.6 Å². The van der Waals surface area contributed by atoms with E-state index >= 15 is 0 Å². The normalized spacial score (nSPS) is 23.5. The predicted octanol–water partition coefficient (Wildman–Crippen LogP) is 0.434. The maximum absolute atomic E-state index is 12.0. The van der Waals surface area contributed by atoms with Crippen LogP contribution in [0.1, 0.15) is 39.0 Å². The van der Waals surface area contributed by atoms with Crippen LogP contribution in [0.15, 0.2) is 0 Å². The Morgan fingerprint density at radius 1 is 1.44 bits per heavy atom. The van der Waals surface area contributed by atoms with Crippen LogP contribution in [0.3, 0.4) is 0 Å². The van der Waals surface area contributed by atoms with Gasteiger partial charge in [0.1, 0.15) is 0 Å². The van der Waals surface area contributed by atoms with Crippen molar-refractivity contribution in [1.29, 1.82) is 0 Å². The lowest BCUT2D eigenvalue weighted by atomic mass is 10.1. The summed E-state index contributed by atoms with van der Waals surface area (Å²) in [4.78, 5) is 0. The van der Waals surface area contributed by atoms with Gasteiger partial charge in [0.15, 0.2) is 0 Å². The zero-order valence-corrected chi connectivity index (χ0v) is 10.8. The number of nitrogens with two attached hydrogens (primary N) is 1. The second kappa shape index (κ2) is 6.54. The highest BCUT2D eigenvalue weighted by Crippen LogP contribution is 2.18. The van der Waals surface area contributed by atoms with Gasteiger partial charge in [0.05, 0.1) is 0 Å². The maximum Gasteiger partial charge on any atom is 0.279 e. The molecule has 1 fully saturated rings. The lowest BCUT2D eigenvalue weighted by molar-refractivity contribution is 0.254. The Bertz CT molecular complexity index is 292. The first-order valence-corrected chi connectivity index (χ1v) is 7.52. The molecular weight excluding hydrogens is 226 g/mol. The van der Waals surface area contributed by atoms with E-state index in [2.05, 4.69) is 4.72 Å². The average molecular weight is 249 g/mol. The van der Waals surface area contributed by atoms with Crippen LogP contribution in [0.2, 0.25) is 0 Å². The fourth-order valence-corrected chi connectivity index (χ4v) is 3.51. The van der Waals surface area contributed by atoms with Crippen molar-refractivity contribution in [2.24, 2.45) is 5.73 Å². The first kappa shape index (κ1) is 13.9. The van der Waals surface area contributed by atoms with E-state index < -0.39 is 10.2 Å². The minimum absolute atomic E-state index is 0.0205. The summed E-state index contributed by atoms with van der Waals surface area (Å²) >= 11 is 0. The summed E-state index contributed by atoms with van der Waals surface area (Å²) in [7, 11) is -3.31. The molecule has 5 nitrogen and oxygen atoms in total. The molecule has 0 amide bonds. The lowest BCUT2D eigenvalue weighted by Gasteiger charge is -2.33. The maximum atomic E-state index is 12.0. The fourth-order valence-electron chi connectivity index (χ4n) is 1.99. The molecule has 0 saturated carbocycles. The third kappa shape index (κ3) is 3.69. The molecule has 1 aliphatic rings. The molecule has 0 radical (unpaired) electrons. The van der Waals surface area contributed by atoms with Crippen LogP contribution >= 0.6 is 0 Å². The quantitative estimate of drug-likeness (QED) is 0.670. The summed E-state index contributed by atoms with van der Waals surface area (Å²) in [5, 5.41) is 0. The van der Waals surface area contributed by atoms with Gasteiger partial charge in [0.25, 0.3) is 10.2 Å². The second-order valence-electron chi connectivity index (χ2n) is 4.25. The molecule has 1 saturated heterocycles. The van der Waals surface area contributed by atoms with Crippen LogP contribution in [-0.2, 0) is 10.2 Å². The van der Waals surface area contributed by atoms with Gasteiger partial charge in [0.2, 0.25) is 0 Å². The van der Waals surface area contributed by atoms with Crippen molar-refractivity contribution in [1.82, 2.24) is 9.03 Å². The molecule has 96 valence electrons. The zero-order chi connectivity index (χ0) is 12.0. The van der Waals surface area contributed by atoms with E-state index in [1.165, 1.54) is 4.31 Å². The zero-order valence-electron chi connectivity index (χ0n) is 9.98. The number of nitrogens with zero attached hydrogens (tertiary/aromatic N) is 1. The monoisotopic (exact) mass is 249 g/mol. The predicted molar refractivity (Wildman–Crippen MR) is 65.2 cm³/mol. The Labute approximate surface area is 98.6 Å². The van der Waals surface area contributed by atoms with E-state index in [1.807, 2.05) is 6.92 Å². The van der Waals surface area contributed by atoms with Crippen LogP contribution in [0.5, 0.6) is 0 Å². The smallest absolute Gasteiger partial charge is 0.279 e. The molecule has 6 heteroatoms. The molecule has 16 heavy (non-hydrogen) atoms. The van der Waals surface area contributed by atoms with Crippen molar-refractivity contribution in [2.45, 2.75) is 45.1 Å². The fraction of sp³-hybridized carbons (Fsp3) is 1.00. The van der Waals surface area contributed by atoms with Gasteiger partial charge >= 0.3 is 0 Å². The Balaban J connectivity index is 2.57. The van der Waals surface area contributed by atoms with E-state index in [0.717, 1.165) is 32.1 Å². The summed E-state index contributed by atoms with van der Waals surface area (Å²) in [6.45, 7) is 3.57. The highest BCUT2D eigenvalue weighted by molar-refractivity contribution is 7.87. The molecule has 0 aromatic heterocycles. The van der Waals surface area contributed by atoms with Crippen molar-refractivity contribution >= 4 is 10.2 Å². The summed E-state index contributed by atoms with van der Waals surface area (Å²) in [5.74, 6) is 0. The van der Waals surface area contributed by atoms with Gasteiger partial charge < -0.3 is 5.73 Å². The van der Waals surface area contributed by atoms with Crippen molar-refractivity contribution < 1.29 is 8.42 Å². The Hall–Kier alpha value is -0.170. The molecule has 1 unspecified atom stereocenters. The van der Waals surface area contributed by atoms with Crippen molar-refractivity contribution in [3.63, 3.8) is 0 Å². The van der Waals surface area contributed by atoms with Gasteiger partial charge in [-0.25, -0.2) is 4.72 Å². The topological polar surface area (TPSA) is 75.4 Å². The van der Waals surface area contributed by atoms with Crippen molar-refractivity contribution in [2.75, 3.05) is 19.6 Å². The van der Waals surface area contributed by atoms with Gasteiger partial charge in [-0.15, -0.1) is 0 Å². The molecule has 0 aliphatic carbocycles. The molecule has 1 heterocycles. The summed E-state index contributed by atoms with van der Waals surface area (Å²) < 4.78 is 28.1. The number of unbranched alkanes of at least 4 members (excludes halogenated alkanes) is 1. The molecule has 3 N–H and O–H groups in total. The van der Waals surface area contributed by atoms with E-state index in [4.69, 9.17) is 5.73 Å². The van der Waals surface area contributed by atoms with Crippen LogP contribution in [0.4, 0.5) is 0 Å². The summed E-state index contributed by atoms with van der Waals surface area (Å²) in [5.41, 5.74) is 5.61. The van der Waals surface area contributed by atoms with Crippen LogP contribution in [0, 0.1) is 0 Å². The summed E-state index contributed by atoms with van der Waals surface area (Å²) in [6.07, 6.45) is 4.75. The van der Waals surface area contributed by atoms with E-state index in [-0.39, 0.29) is 6.04 Å². The molecule has 1 atom stereocenters. The second-order valence-corrected chi connectivity index (χ2v) is 5.96. The highest BCUT2D eigenvalue weighted by atomic mass is 32.2. The minimum atomic E-state index is -3.31. The summed E-state index contributed by atoms with van der Waals surface area (Å²) in [6, 6.07) is -0.0205. The number of hydrogen-bond donors (Lipinski definition) is 2. The molecule has 0 bridgehead atoms. The Kier molecular flexibility index (Phi) is 5.68. The number of hydrogen-bond acceptors (Lipinski definition) is 3. The Morgan fingerprint density at radius 2 is 2.19 bits per heavy atom. The number of piperidine rings is 1. The molecular formula is C10H23N3O2S. The number of nitrogens with one attached hydrogen (secondary N) is 1. The third-order valence-corrected chi connectivity index (χ3v) is 4.64. The SMILES string of the molecule is CCCCNS(=O)(=O)N1CCCCC1CN. The molecule has 1 aliphatic heterocycles. The van der Waals surface area contributed by atoms with Gasteiger partial charge in [-0.1, -0.05) is 19.8 Å². The Morgan fingerprint density at radius 3 is 2.81 bits per heavy atom. The lowest BCUT2D eigenvalue weighted by Crippen LogP contribution is -2.51. The average Bonchev–Trinajstić information content (AvgIpc) is 2.29. The van der Waals surface area contributed by atoms with Gasteiger partial charge in [-0.05, 0) is 19.3 Å². The van der Waals surface area contributed by atoms with Crippen molar-refractivity contribution in [3.05, 3.63) is 0 Å². The van der Waals surface area contributed by atoms with Crippen molar-refractivity contribution in [3.8, 4) is 0 Å². The first-order valence-electron chi connectivity index (χ1n) is 6.08. The van der Waals surface area contributed by atoms with Crippen LogP contribution in [-0.4, -0.2) is 38.4 Å². The molecule has 1 rings (SSSR count). The minimum Gasteiger partial charge on any atom is -0.329 e.